The van der Waals surface area contributed by atoms with Gasteiger partial charge < -0.3 is 4.52 Å². The number of allylic oxidation sites excluding steroid dienone is 1. The Bertz CT molecular complexity index is 171. The highest BCUT2D eigenvalue weighted by Crippen LogP contribution is 2.28. The van der Waals surface area contributed by atoms with Crippen LogP contribution in [-0.4, -0.2) is 7.11 Å². The van der Waals surface area contributed by atoms with Gasteiger partial charge in [-0.25, -0.2) is 0 Å². The van der Waals surface area contributed by atoms with Crippen LogP contribution in [0.2, 0.25) is 0 Å². The predicted octanol–water partition coefficient (Wildman–Crippen LogP) is 3.20. The summed E-state index contributed by atoms with van der Waals surface area (Å²) in [5.74, 6) is 2.39. The van der Waals surface area contributed by atoms with E-state index in [9.17, 15) is 4.57 Å². The van der Waals surface area contributed by atoms with E-state index in [2.05, 4.69) is 6.08 Å². The molecule has 0 spiro atoms. The Balaban J connectivity index is 2.28. The maximum atomic E-state index is 10.9. The van der Waals surface area contributed by atoms with Crippen molar-refractivity contribution in [2.24, 2.45) is 5.92 Å². The molecule has 0 aromatic carbocycles. The summed E-state index contributed by atoms with van der Waals surface area (Å²) in [5, 5.41) is 0. The molecule has 0 saturated heterocycles. The Morgan fingerprint density at radius 2 is 2.00 bits per heavy atom. The first-order valence-electron chi connectivity index (χ1n) is 4.59. The molecule has 0 aliphatic heterocycles. The summed E-state index contributed by atoms with van der Waals surface area (Å²) in [6, 6.07) is 0. The SMILES string of the molecule is CO[PH](=O)C=CC1CCCCC1. The molecule has 12 heavy (non-hydrogen) atoms. The molecule has 70 valence electrons. The summed E-state index contributed by atoms with van der Waals surface area (Å²) < 4.78 is 15.6. The molecule has 0 aromatic heterocycles. The molecule has 0 N–H and O–H groups in total. The van der Waals surface area contributed by atoms with Gasteiger partial charge in [0.1, 0.15) is 0 Å². The van der Waals surface area contributed by atoms with Crippen molar-refractivity contribution in [2.45, 2.75) is 32.1 Å². The smallest absolute Gasteiger partial charge is 0.213 e. The van der Waals surface area contributed by atoms with Crippen LogP contribution in [-0.2, 0) is 9.09 Å². The second kappa shape index (κ2) is 5.55. The standard InChI is InChI=1S/C9H17O2P/c1-11-12(10)8-7-9-5-3-2-4-6-9/h7-9,12H,2-6H2,1H3. The van der Waals surface area contributed by atoms with Crippen LogP contribution in [0.1, 0.15) is 32.1 Å². The monoisotopic (exact) mass is 188 g/mol. The summed E-state index contributed by atoms with van der Waals surface area (Å²) >= 11 is 0. The van der Waals surface area contributed by atoms with E-state index in [4.69, 9.17) is 4.52 Å². The first-order valence-corrected chi connectivity index (χ1v) is 5.98. The van der Waals surface area contributed by atoms with Gasteiger partial charge in [0.05, 0.1) is 0 Å². The van der Waals surface area contributed by atoms with Crippen molar-refractivity contribution in [1.82, 2.24) is 0 Å². The molecule has 0 heterocycles. The third-order valence-electron chi connectivity index (χ3n) is 2.36. The van der Waals surface area contributed by atoms with Crippen molar-refractivity contribution in [3.63, 3.8) is 0 Å². The predicted molar refractivity (Wildman–Crippen MR) is 51.7 cm³/mol. The zero-order chi connectivity index (χ0) is 8.81. The van der Waals surface area contributed by atoms with Gasteiger partial charge in [-0.1, -0.05) is 25.3 Å². The lowest BCUT2D eigenvalue weighted by Gasteiger charge is -2.17. The van der Waals surface area contributed by atoms with Crippen LogP contribution in [0.5, 0.6) is 0 Å². The van der Waals surface area contributed by atoms with Crippen LogP contribution in [0.25, 0.3) is 0 Å². The highest BCUT2D eigenvalue weighted by Gasteiger charge is 2.09. The van der Waals surface area contributed by atoms with E-state index in [0.717, 1.165) is 0 Å². The molecule has 0 amide bonds. The molecular formula is C9H17O2P. The number of rotatable bonds is 3. The minimum absolute atomic E-state index is 0.655. The topological polar surface area (TPSA) is 26.3 Å². The van der Waals surface area contributed by atoms with Crippen LogP contribution < -0.4 is 0 Å². The molecule has 1 fully saturated rings. The lowest BCUT2D eigenvalue weighted by Crippen LogP contribution is -2.02. The third-order valence-corrected chi connectivity index (χ3v) is 3.22. The second-order valence-electron chi connectivity index (χ2n) is 3.28. The van der Waals surface area contributed by atoms with Crippen LogP contribution in [0.3, 0.4) is 0 Å². The van der Waals surface area contributed by atoms with Gasteiger partial charge in [-0.2, -0.15) is 0 Å². The van der Waals surface area contributed by atoms with E-state index < -0.39 is 8.03 Å². The van der Waals surface area contributed by atoms with Gasteiger partial charge in [-0.05, 0) is 24.6 Å². The summed E-state index contributed by atoms with van der Waals surface area (Å²) in [5.41, 5.74) is 0. The van der Waals surface area contributed by atoms with Crippen molar-refractivity contribution in [3.8, 4) is 0 Å². The Morgan fingerprint density at radius 3 is 2.58 bits per heavy atom. The van der Waals surface area contributed by atoms with Crippen molar-refractivity contribution < 1.29 is 9.09 Å². The van der Waals surface area contributed by atoms with Gasteiger partial charge >= 0.3 is 0 Å². The first-order chi connectivity index (χ1) is 5.83. The normalized spacial score (nSPS) is 23.1. The van der Waals surface area contributed by atoms with Crippen LogP contribution >= 0.6 is 8.03 Å². The maximum Gasteiger partial charge on any atom is 0.213 e. The molecule has 0 radical (unpaired) electrons. The summed E-state index contributed by atoms with van der Waals surface area (Å²) in [6.45, 7) is 0. The maximum absolute atomic E-state index is 10.9. The fraction of sp³-hybridized carbons (Fsp3) is 0.778. The Kier molecular flexibility index (Phi) is 4.63. The largest absolute Gasteiger partial charge is 0.331 e. The molecule has 1 aliphatic rings. The van der Waals surface area contributed by atoms with Gasteiger partial charge in [0.2, 0.25) is 8.03 Å². The Morgan fingerprint density at radius 1 is 1.33 bits per heavy atom. The van der Waals surface area contributed by atoms with E-state index in [1.54, 1.807) is 5.82 Å². The lowest BCUT2D eigenvalue weighted by molar-refractivity contribution is 0.414. The fourth-order valence-electron chi connectivity index (χ4n) is 1.61. The number of hydrogen-bond donors (Lipinski definition) is 0. The summed E-state index contributed by atoms with van der Waals surface area (Å²) in [4.78, 5) is 0. The average Bonchev–Trinajstić information content (AvgIpc) is 2.16. The Labute approximate surface area is 74.9 Å². The third kappa shape index (κ3) is 3.55. The number of hydrogen-bond acceptors (Lipinski definition) is 2. The quantitative estimate of drug-likeness (QED) is 0.636. The van der Waals surface area contributed by atoms with Crippen molar-refractivity contribution >= 4 is 8.03 Å². The molecule has 0 bridgehead atoms. The molecule has 1 unspecified atom stereocenters. The molecule has 1 saturated carbocycles. The van der Waals surface area contributed by atoms with E-state index in [1.165, 1.54) is 39.2 Å². The average molecular weight is 188 g/mol. The first kappa shape index (κ1) is 10.0. The van der Waals surface area contributed by atoms with Gasteiger partial charge in [-0.15, -0.1) is 0 Å². The Hall–Kier alpha value is -0.0700. The minimum atomic E-state index is -1.86. The molecule has 1 atom stereocenters. The highest BCUT2D eigenvalue weighted by molar-refractivity contribution is 7.42. The van der Waals surface area contributed by atoms with Crippen molar-refractivity contribution in [2.75, 3.05) is 7.11 Å². The van der Waals surface area contributed by atoms with E-state index in [-0.39, 0.29) is 0 Å². The lowest BCUT2D eigenvalue weighted by atomic mass is 9.90. The molecule has 3 heteroatoms. The molecule has 1 aliphatic carbocycles. The van der Waals surface area contributed by atoms with Crippen LogP contribution in [0.15, 0.2) is 11.9 Å². The summed E-state index contributed by atoms with van der Waals surface area (Å²) in [6.07, 6.45) is 8.60. The van der Waals surface area contributed by atoms with Gasteiger partial charge in [0, 0.05) is 7.11 Å². The van der Waals surface area contributed by atoms with E-state index >= 15 is 0 Å². The van der Waals surface area contributed by atoms with Crippen LogP contribution in [0, 0.1) is 5.92 Å². The van der Waals surface area contributed by atoms with Gasteiger partial charge in [0.15, 0.2) is 0 Å². The summed E-state index contributed by atoms with van der Waals surface area (Å²) in [7, 11) is -0.366. The highest BCUT2D eigenvalue weighted by atomic mass is 31.1. The van der Waals surface area contributed by atoms with Crippen molar-refractivity contribution in [1.29, 1.82) is 0 Å². The van der Waals surface area contributed by atoms with Gasteiger partial charge in [-0.3, -0.25) is 4.57 Å². The van der Waals surface area contributed by atoms with E-state index in [0.29, 0.717) is 5.92 Å². The molecule has 2 nitrogen and oxygen atoms in total. The zero-order valence-corrected chi connectivity index (χ0v) is 8.58. The molecule has 0 aromatic rings. The molecular weight excluding hydrogens is 171 g/mol. The molecule has 1 rings (SSSR count). The second-order valence-corrected chi connectivity index (χ2v) is 4.66. The van der Waals surface area contributed by atoms with Gasteiger partial charge in [0.25, 0.3) is 0 Å². The minimum Gasteiger partial charge on any atom is -0.331 e. The zero-order valence-electron chi connectivity index (χ0n) is 7.58. The van der Waals surface area contributed by atoms with E-state index in [1.807, 2.05) is 0 Å². The van der Waals surface area contributed by atoms with Crippen molar-refractivity contribution in [3.05, 3.63) is 11.9 Å². The fourth-order valence-corrected chi connectivity index (χ4v) is 2.17. The van der Waals surface area contributed by atoms with Crippen LogP contribution in [0.4, 0.5) is 0 Å².